The highest BCUT2D eigenvalue weighted by Gasteiger charge is 2.06. The van der Waals surface area contributed by atoms with E-state index in [2.05, 4.69) is 5.32 Å². The minimum Gasteiger partial charge on any atom is -0.312 e. The summed E-state index contributed by atoms with van der Waals surface area (Å²) < 4.78 is 22.5. The molecule has 0 saturated carbocycles. The van der Waals surface area contributed by atoms with Crippen LogP contribution in [-0.4, -0.2) is 26.5 Å². The Balaban J connectivity index is 2.41. The van der Waals surface area contributed by atoms with Crippen LogP contribution in [0.4, 0.5) is 0 Å². The van der Waals surface area contributed by atoms with E-state index in [4.69, 9.17) is 23.2 Å². The smallest absolute Gasteiger partial charge is 0.151 e. The van der Waals surface area contributed by atoms with Gasteiger partial charge >= 0.3 is 0 Å². The summed E-state index contributed by atoms with van der Waals surface area (Å²) >= 11 is 11.8. The summed E-state index contributed by atoms with van der Waals surface area (Å²) in [5.74, 6) is 0.324. The van der Waals surface area contributed by atoms with E-state index in [1.165, 1.54) is 0 Å². The SMILES string of the molecule is CCS(=O)(=O)CCNCc1ccc(Cl)cc1Cl. The third kappa shape index (κ3) is 5.25. The van der Waals surface area contributed by atoms with Gasteiger partial charge in [0.25, 0.3) is 0 Å². The summed E-state index contributed by atoms with van der Waals surface area (Å²) in [4.78, 5) is 0. The molecule has 17 heavy (non-hydrogen) atoms. The third-order valence-corrected chi connectivity index (χ3v) is 4.65. The maximum atomic E-state index is 11.2. The predicted molar refractivity (Wildman–Crippen MR) is 72.5 cm³/mol. The van der Waals surface area contributed by atoms with Crippen LogP contribution >= 0.6 is 23.2 Å². The van der Waals surface area contributed by atoms with E-state index in [0.29, 0.717) is 23.1 Å². The van der Waals surface area contributed by atoms with E-state index < -0.39 is 9.84 Å². The van der Waals surface area contributed by atoms with Gasteiger partial charge in [0.15, 0.2) is 9.84 Å². The first kappa shape index (κ1) is 14.8. The Morgan fingerprint density at radius 3 is 2.59 bits per heavy atom. The molecule has 0 aliphatic carbocycles. The van der Waals surface area contributed by atoms with Gasteiger partial charge in [-0.3, -0.25) is 0 Å². The van der Waals surface area contributed by atoms with Gasteiger partial charge < -0.3 is 5.32 Å². The van der Waals surface area contributed by atoms with Gasteiger partial charge in [-0.25, -0.2) is 8.42 Å². The average Bonchev–Trinajstić information content (AvgIpc) is 2.27. The van der Waals surface area contributed by atoms with Gasteiger partial charge in [-0.2, -0.15) is 0 Å². The lowest BCUT2D eigenvalue weighted by molar-refractivity contribution is 0.592. The molecule has 0 aliphatic rings. The third-order valence-electron chi connectivity index (χ3n) is 2.36. The lowest BCUT2D eigenvalue weighted by Crippen LogP contribution is -2.23. The standard InChI is InChI=1S/C11H15Cl2NO2S/c1-2-17(15,16)6-5-14-8-9-3-4-10(12)7-11(9)13/h3-4,7,14H,2,5-6,8H2,1H3. The van der Waals surface area contributed by atoms with Crippen molar-refractivity contribution in [1.29, 1.82) is 0 Å². The first-order chi connectivity index (χ1) is 7.94. The molecule has 0 saturated heterocycles. The first-order valence-corrected chi connectivity index (χ1v) is 7.87. The van der Waals surface area contributed by atoms with Crippen LogP contribution in [0.1, 0.15) is 12.5 Å². The fourth-order valence-electron chi connectivity index (χ4n) is 1.26. The number of nitrogens with one attached hydrogen (secondary N) is 1. The van der Waals surface area contributed by atoms with E-state index in [0.717, 1.165) is 5.56 Å². The maximum absolute atomic E-state index is 11.2. The number of hydrogen-bond donors (Lipinski definition) is 1. The molecule has 1 aromatic carbocycles. The highest BCUT2D eigenvalue weighted by molar-refractivity contribution is 7.91. The molecule has 0 bridgehead atoms. The van der Waals surface area contributed by atoms with Crippen LogP contribution in [-0.2, 0) is 16.4 Å². The van der Waals surface area contributed by atoms with Crippen molar-refractivity contribution in [3.05, 3.63) is 33.8 Å². The Labute approximate surface area is 112 Å². The van der Waals surface area contributed by atoms with Crippen molar-refractivity contribution in [2.24, 2.45) is 0 Å². The van der Waals surface area contributed by atoms with Crippen LogP contribution < -0.4 is 5.32 Å². The first-order valence-electron chi connectivity index (χ1n) is 5.29. The fraction of sp³-hybridized carbons (Fsp3) is 0.455. The molecule has 0 atom stereocenters. The monoisotopic (exact) mass is 295 g/mol. The topological polar surface area (TPSA) is 46.2 Å². The van der Waals surface area contributed by atoms with Crippen molar-refractivity contribution in [2.75, 3.05) is 18.1 Å². The lowest BCUT2D eigenvalue weighted by atomic mass is 10.2. The van der Waals surface area contributed by atoms with Crippen LogP contribution in [0.5, 0.6) is 0 Å². The van der Waals surface area contributed by atoms with Crippen molar-refractivity contribution in [2.45, 2.75) is 13.5 Å². The quantitative estimate of drug-likeness (QED) is 0.821. The van der Waals surface area contributed by atoms with Crippen molar-refractivity contribution in [3.8, 4) is 0 Å². The molecule has 96 valence electrons. The molecule has 0 fully saturated rings. The van der Waals surface area contributed by atoms with Crippen molar-refractivity contribution in [1.82, 2.24) is 5.32 Å². The number of benzene rings is 1. The molecule has 0 radical (unpaired) electrons. The Bertz CT molecular complexity index is 474. The molecule has 0 spiro atoms. The van der Waals surface area contributed by atoms with E-state index >= 15 is 0 Å². The highest BCUT2D eigenvalue weighted by atomic mass is 35.5. The molecular formula is C11H15Cl2NO2S. The van der Waals surface area contributed by atoms with Crippen LogP contribution in [0, 0.1) is 0 Å². The summed E-state index contributed by atoms with van der Waals surface area (Å²) in [5.41, 5.74) is 0.907. The van der Waals surface area contributed by atoms with Gasteiger partial charge in [-0.05, 0) is 17.7 Å². The summed E-state index contributed by atoms with van der Waals surface area (Å²) in [6.07, 6.45) is 0. The molecule has 0 aromatic heterocycles. The minimum atomic E-state index is -2.91. The van der Waals surface area contributed by atoms with E-state index in [9.17, 15) is 8.42 Å². The molecular weight excluding hydrogens is 281 g/mol. The average molecular weight is 296 g/mol. The largest absolute Gasteiger partial charge is 0.312 e. The van der Waals surface area contributed by atoms with Crippen molar-refractivity contribution in [3.63, 3.8) is 0 Å². The van der Waals surface area contributed by atoms with Crippen molar-refractivity contribution >= 4 is 33.0 Å². The highest BCUT2D eigenvalue weighted by Crippen LogP contribution is 2.20. The zero-order valence-electron chi connectivity index (χ0n) is 9.54. The van der Waals surface area contributed by atoms with Crippen molar-refractivity contribution < 1.29 is 8.42 Å². The molecule has 0 aliphatic heterocycles. The van der Waals surface area contributed by atoms with E-state index in [-0.39, 0.29) is 11.5 Å². The van der Waals surface area contributed by atoms with Crippen LogP contribution in [0.15, 0.2) is 18.2 Å². The molecule has 1 N–H and O–H groups in total. The maximum Gasteiger partial charge on any atom is 0.151 e. The summed E-state index contributed by atoms with van der Waals surface area (Å²) in [6, 6.07) is 5.25. The second-order valence-corrected chi connectivity index (χ2v) is 6.97. The van der Waals surface area contributed by atoms with E-state index in [1.807, 2.05) is 6.07 Å². The normalized spacial score (nSPS) is 11.7. The van der Waals surface area contributed by atoms with Gasteiger partial charge in [0.1, 0.15) is 0 Å². The van der Waals surface area contributed by atoms with Crippen LogP contribution in [0.3, 0.4) is 0 Å². The predicted octanol–water partition coefficient (Wildman–Crippen LogP) is 2.52. The summed E-state index contributed by atoms with van der Waals surface area (Å²) in [6.45, 7) is 2.61. The molecule has 1 aromatic rings. The van der Waals surface area contributed by atoms with Crippen LogP contribution in [0.2, 0.25) is 10.0 Å². The zero-order valence-corrected chi connectivity index (χ0v) is 11.9. The molecule has 0 amide bonds. The van der Waals surface area contributed by atoms with Gasteiger partial charge in [-0.15, -0.1) is 0 Å². The second-order valence-electron chi connectivity index (χ2n) is 3.65. The van der Waals surface area contributed by atoms with E-state index in [1.54, 1.807) is 19.1 Å². The molecule has 1 rings (SSSR count). The Hall–Kier alpha value is -0.290. The Morgan fingerprint density at radius 1 is 1.29 bits per heavy atom. The lowest BCUT2D eigenvalue weighted by Gasteiger charge is -2.07. The fourth-order valence-corrected chi connectivity index (χ4v) is 2.48. The molecule has 3 nitrogen and oxygen atoms in total. The minimum absolute atomic E-state index is 0.148. The number of sulfone groups is 1. The van der Waals surface area contributed by atoms with Gasteiger partial charge in [0.2, 0.25) is 0 Å². The zero-order chi connectivity index (χ0) is 12.9. The second kappa shape index (κ2) is 6.59. The molecule has 0 heterocycles. The molecule has 6 heteroatoms. The number of hydrogen-bond acceptors (Lipinski definition) is 3. The van der Waals surface area contributed by atoms with Crippen LogP contribution in [0.25, 0.3) is 0 Å². The van der Waals surface area contributed by atoms with Gasteiger partial charge in [0, 0.05) is 28.9 Å². The Kier molecular flexibility index (Phi) is 5.73. The summed E-state index contributed by atoms with van der Waals surface area (Å²) in [7, 11) is -2.91. The molecule has 0 unspecified atom stereocenters. The van der Waals surface area contributed by atoms with Gasteiger partial charge in [-0.1, -0.05) is 36.2 Å². The number of rotatable bonds is 6. The van der Waals surface area contributed by atoms with Gasteiger partial charge in [0.05, 0.1) is 5.75 Å². The number of halogens is 2. The summed E-state index contributed by atoms with van der Waals surface area (Å²) in [5, 5.41) is 4.22. The Morgan fingerprint density at radius 2 is 2.00 bits per heavy atom.